The lowest BCUT2D eigenvalue weighted by Gasteiger charge is -2.12. The van der Waals surface area contributed by atoms with Crippen molar-refractivity contribution < 1.29 is 9.53 Å². The fourth-order valence-electron chi connectivity index (χ4n) is 2.74. The van der Waals surface area contributed by atoms with Crippen molar-refractivity contribution in [2.45, 2.75) is 20.8 Å². The summed E-state index contributed by atoms with van der Waals surface area (Å²) in [7, 11) is 0. The second-order valence-corrected chi connectivity index (χ2v) is 7.35. The molecule has 1 fully saturated rings. The predicted octanol–water partition coefficient (Wildman–Crippen LogP) is 4.83. The Morgan fingerprint density at radius 1 is 1.21 bits per heavy atom. The number of rotatable bonds is 5. The van der Waals surface area contributed by atoms with Crippen LogP contribution in [0.15, 0.2) is 52.4 Å². The van der Waals surface area contributed by atoms with Crippen LogP contribution in [0.5, 0.6) is 5.75 Å². The van der Waals surface area contributed by atoms with Gasteiger partial charge in [-0.15, -0.1) is 0 Å². The van der Waals surface area contributed by atoms with E-state index in [4.69, 9.17) is 15.0 Å². The van der Waals surface area contributed by atoms with Crippen molar-refractivity contribution in [2.24, 2.45) is 4.99 Å². The highest BCUT2D eigenvalue weighted by atomic mass is 32.2. The molecule has 5 nitrogen and oxygen atoms in total. The molecular formula is C22H21N3O2S. The van der Waals surface area contributed by atoms with Crippen LogP contribution in [-0.2, 0) is 4.79 Å². The Morgan fingerprint density at radius 2 is 2.04 bits per heavy atom. The number of likely N-dealkylation sites (N-methyl/N-ethyl adjacent to an activating group) is 1. The Hall–Kier alpha value is -3.04. The van der Waals surface area contributed by atoms with Crippen LogP contribution in [-0.4, -0.2) is 29.1 Å². The number of aliphatic imine (C=N–C) groups is 1. The standard InChI is InChI=1S/C22H21N3O2S/c1-4-25-21(26)20(14-17-6-5-7-19(13-17)27-11-10-23)28-22(25)24-18-9-8-15(2)16(3)12-18/h5-9,12-14H,4,11H2,1-3H3/b20-14-,24-22?. The molecule has 0 radical (unpaired) electrons. The Bertz CT molecular complexity index is 1010. The first kappa shape index (κ1) is 19.7. The summed E-state index contributed by atoms with van der Waals surface area (Å²) in [5.74, 6) is 0.543. The maximum Gasteiger partial charge on any atom is 0.266 e. The summed E-state index contributed by atoms with van der Waals surface area (Å²) in [5.41, 5.74) is 4.06. The molecule has 0 aliphatic carbocycles. The molecule has 1 saturated heterocycles. The van der Waals surface area contributed by atoms with Gasteiger partial charge in [0.15, 0.2) is 11.8 Å². The van der Waals surface area contributed by atoms with Gasteiger partial charge in [-0.25, -0.2) is 4.99 Å². The smallest absolute Gasteiger partial charge is 0.266 e. The summed E-state index contributed by atoms with van der Waals surface area (Å²) in [5, 5.41) is 9.33. The molecule has 6 heteroatoms. The second kappa shape index (κ2) is 8.77. The van der Waals surface area contributed by atoms with E-state index >= 15 is 0 Å². The van der Waals surface area contributed by atoms with Gasteiger partial charge in [-0.1, -0.05) is 18.2 Å². The average Bonchev–Trinajstić information content (AvgIpc) is 2.97. The average molecular weight is 391 g/mol. The zero-order valence-electron chi connectivity index (χ0n) is 16.1. The summed E-state index contributed by atoms with van der Waals surface area (Å²) >= 11 is 1.37. The van der Waals surface area contributed by atoms with Gasteiger partial charge in [-0.2, -0.15) is 5.26 Å². The topological polar surface area (TPSA) is 65.7 Å². The van der Waals surface area contributed by atoms with Crippen molar-refractivity contribution in [3.05, 3.63) is 64.1 Å². The number of benzene rings is 2. The second-order valence-electron chi connectivity index (χ2n) is 6.34. The molecule has 0 N–H and O–H groups in total. The number of thioether (sulfide) groups is 1. The van der Waals surface area contributed by atoms with Crippen molar-refractivity contribution in [2.75, 3.05) is 13.2 Å². The zero-order valence-corrected chi connectivity index (χ0v) is 16.9. The fourth-order valence-corrected chi connectivity index (χ4v) is 3.80. The SMILES string of the molecule is CCN1C(=O)/C(=C/c2cccc(OCC#N)c2)SC1=Nc1ccc(C)c(C)c1. The molecule has 2 aromatic rings. The highest BCUT2D eigenvalue weighted by Crippen LogP contribution is 2.34. The van der Waals surface area contributed by atoms with Crippen LogP contribution in [0.4, 0.5) is 5.69 Å². The number of carbonyl (C=O) groups is 1. The molecule has 0 spiro atoms. The zero-order chi connectivity index (χ0) is 20.1. The van der Waals surface area contributed by atoms with Crippen molar-refractivity contribution in [1.29, 1.82) is 5.26 Å². The van der Waals surface area contributed by atoms with Crippen molar-refractivity contribution in [3.63, 3.8) is 0 Å². The Labute approximate surface area is 169 Å². The lowest BCUT2D eigenvalue weighted by molar-refractivity contribution is -0.122. The van der Waals surface area contributed by atoms with Crippen molar-refractivity contribution in [3.8, 4) is 11.8 Å². The van der Waals surface area contributed by atoms with Gasteiger partial charge in [0, 0.05) is 6.54 Å². The number of hydrogen-bond acceptors (Lipinski definition) is 5. The largest absolute Gasteiger partial charge is 0.479 e. The van der Waals surface area contributed by atoms with Gasteiger partial charge >= 0.3 is 0 Å². The highest BCUT2D eigenvalue weighted by molar-refractivity contribution is 8.18. The van der Waals surface area contributed by atoms with E-state index in [0.29, 0.717) is 22.4 Å². The Kier molecular flexibility index (Phi) is 6.17. The number of nitriles is 1. The van der Waals surface area contributed by atoms with E-state index < -0.39 is 0 Å². The molecule has 0 aromatic heterocycles. The minimum Gasteiger partial charge on any atom is -0.479 e. The number of amides is 1. The molecule has 3 rings (SSSR count). The molecular weight excluding hydrogens is 370 g/mol. The maximum absolute atomic E-state index is 12.8. The third kappa shape index (κ3) is 4.44. The maximum atomic E-state index is 12.8. The first-order valence-electron chi connectivity index (χ1n) is 8.99. The molecule has 1 amide bonds. The van der Waals surface area contributed by atoms with Gasteiger partial charge in [-0.3, -0.25) is 9.69 Å². The van der Waals surface area contributed by atoms with Crippen LogP contribution >= 0.6 is 11.8 Å². The molecule has 142 valence electrons. The van der Waals surface area contributed by atoms with E-state index in [1.165, 1.54) is 22.9 Å². The first-order chi connectivity index (χ1) is 13.5. The van der Waals surface area contributed by atoms with E-state index in [1.54, 1.807) is 11.0 Å². The van der Waals surface area contributed by atoms with Gasteiger partial charge in [0.2, 0.25) is 0 Å². The molecule has 2 aromatic carbocycles. The molecule has 0 bridgehead atoms. The predicted molar refractivity (Wildman–Crippen MR) is 114 cm³/mol. The summed E-state index contributed by atoms with van der Waals surface area (Å²) in [6.45, 7) is 6.60. The minimum absolute atomic E-state index is 0.00983. The van der Waals surface area contributed by atoms with E-state index in [-0.39, 0.29) is 12.5 Å². The van der Waals surface area contributed by atoms with Crippen molar-refractivity contribution >= 4 is 34.6 Å². The summed E-state index contributed by atoms with van der Waals surface area (Å²) < 4.78 is 5.33. The number of nitrogens with zero attached hydrogens (tertiary/aromatic N) is 3. The van der Waals surface area contributed by atoms with E-state index in [9.17, 15) is 4.79 Å². The summed E-state index contributed by atoms with van der Waals surface area (Å²) in [6.07, 6.45) is 1.83. The van der Waals surface area contributed by atoms with Crippen LogP contribution in [0.25, 0.3) is 6.08 Å². The number of aryl methyl sites for hydroxylation is 2. The number of carbonyl (C=O) groups excluding carboxylic acids is 1. The van der Waals surface area contributed by atoms with Gasteiger partial charge < -0.3 is 4.74 Å². The monoisotopic (exact) mass is 391 g/mol. The van der Waals surface area contributed by atoms with Gasteiger partial charge in [0.25, 0.3) is 5.91 Å². The van der Waals surface area contributed by atoms with Crippen LogP contribution in [0.1, 0.15) is 23.6 Å². The van der Waals surface area contributed by atoms with Crippen LogP contribution < -0.4 is 4.74 Å². The minimum atomic E-state index is -0.0570. The molecule has 1 aliphatic rings. The molecule has 28 heavy (non-hydrogen) atoms. The van der Waals surface area contributed by atoms with Crippen LogP contribution in [0, 0.1) is 25.2 Å². The van der Waals surface area contributed by atoms with E-state index in [2.05, 4.69) is 13.8 Å². The lowest BCUT2D eigenvalue weighted by atomic mass is 10.1. The van der Waals surface area contributed by atoms with Crippen molar-refractivity contribution in [1.82, 2.24) is 4.90 Å². The van der Waals surface area contributed by atoms with Crippen LogP contribution in [0.3, 0.4) is 0 Å². The third-order valence-electron chi connectivity index (χ3n) is 4.38. The summed E-state index contributed by atoms with van der Waals surface area (Å²) in [4.78, 5) is 19.8. The Balaban J connectivity index is 1.89. The quantitative estimate of drug-likeness (QED) is 0.685. The fraction of sp³-hybridized carbons (Fsp3) is 0.227. The molecule has 1 aliphatic heterocycles. The normalized spacial score (nSPS) is 16.6. The molecule has 1 heterocycles. The molecule has 0 atom stereocenters. The Morgan fingerprint density at radius 3 is 2.75 bits per heavy atom. The van der Waals surface area contributed by atoms with Crippen LogP contribution in [0.2, 0.25) is 0 Å². The number of amidine groups is 1. The van der Waals surface area contributed by atoms with E-state index in [1.807, 2.05) is 55.5 Å². The third-order valence-corrected chi connectivity index (χ3v) is 5.39. The van der Waals surface area contributed by atoms with Gasteiger partial charge in [0.05, 0.1) is 10.6 Å². The van der Waals surface area contributed by atoms with Gasteiger partial charge in [-0.05, 0) is 79.6 Å². The first-order valence-corrected chi connectivity index (χ1v) is 9.80. The highest BCUT2D eigenvalue weighted by Gasteiger charge is 2.32. The van der Waals surface area contributed by atoms with E-state index in [0.717, 1.165) is 11.3 Å². The molecule has 0 saturated carbocycles. The van der Waals surface area contributed by atoms with Gasteiger partial charge in [0.1, 0.15) is 11.8 Å². The number of hydrogen-bond donors (Lipinski definition) is 0. The molecule has 0 unspecified atom stereocenters. The lowest BCUT2D eigenvalue weighted by Crippen LogP contribution is -2.28. The number of ether oxygens (including phenoxy) is 1. The summed E-state index contributed by atoms with van der Waals surface area (Å²) in [6, 6.07) is 15.3.